The lowest BCUT2D eigenvalue weighted by Crippen LogP contribution is -2.15. The summed E-state index contributed by atoms with van der Waals surface area (Å²) in [6.45, 7) is 5.91. The van der Waals surface area contributed by atoms with E-state index in [2.05, 4.69) is 0 Å². The molecule has 0 aromatic heterocycles. The van der Waals surface area contributed by atoms with Crippen LogP contribution in [0.15, 0.2) is 18.2 Å². The summed E-state index contributed by atoms with van der Waals surface area (Å²) in [6, 6.07) is 5.68. The van der Waals surface area contributed by atoms with Crippen LogP contribution in [0.5, 0.6) is 5.75 Å². The molecule has 0 saturated carbocycles. The van der Waals surface area contributed by atoms with E-state index in [1.54, 1.807) is 6.92 Å². The SMILES string of the molecule is CCOC(=O)COc1ccc(C(C)N)cc1C. The molecule has 0 fully saturated rings. The van der Waals surface area contributed by atoms with Crippen molar-refractivity contribution in [2.45, 2.75) is 26.8 Å². The van der Waals surface area contributed by atoms with Crippen molar-refractivity contribution in [2.75, 3.05) is 13.2 Å². The maximum atomic E-state index is 11.1. The minimum atomic E-state index is -0.358. The lowest BCUT2D eigenvalue weighted by molar-refractivity contribution is -0.145. The summed E-state index contributed by atoms with van der Waals surface area (Å²) in [4.78, 5) is 11.1. The fourth-order valence-electron chi connectivity index (χ4n) is 1.46. The molecule has 2 N–H and O–H groups in total. The summed E-state index contributed by atoms with van der Waals surface area (Å²) in [7, 11) is 0. The van der Waals surface area contributed by atoms with E-state index < -0.39 is 0 Å². The highest BCUT2D eigenvalue weighted by molar-refractivity contribution is 5.71. The number of carbonyl (C=O) groups is 1. The Morgan fingerprint density at radius 3 is 2.71 bits per heavy atom. The van der Waals surface area contributed by atoms with Crippen molar-refractivity contribution in [1.82, 2.24) is 0 Å². The number of rotatable bonds is 5. The molecule has 17 heavy (non-hydrogen) atoms. The molecule has 0 bridgehead atoms. The van der Waals surface area contributed by atoms with Crippen LogP contribution < -0.4 is 10.5 Å². The van der Waals surface area contributed by atoms with E-state index >= 15 is 0 Å². The molecule has 1 rings (SSSR count). The Hall–Kier alpha value is -1.55. The second-order valence-electron chi connectivity index (χ2n) is 3.91. The van der Waals surface area contributed by atoms with Crippen LogP contribution in [0.4, 0.5) is 0 Å². The Kier molecular flexibility index (Phi) is 4.97. The third kappa shape index (κ3) is 4.07. The van der Waals surface area contributed by atoms with Crippen molar-refractivity contribution in [3.8, 4) is 5.75 Å². The summed E-state index contributed by atoms with van der Waals surface area (Å²) in [5.41, 5.74) is 7.79. The van der Waals surface area contributed by atoms with Crippen LogP contribution in [0.25, 0.3) is 0 Å². The molecular weight excluding hydrogens is 218 g/mol. The van der Waals surface area contributed by atoms with Gasteiger partial charge in [-0.3, -0.25) is 0 Å². The molecule has 0 radical (unpaired) electrons. The molecule has 94 valence electrons. The maximum Gasteiger partial charge on any atom is 0.344 e. The quantitative estimate of drug-likeness (QED) is 0.795. The fraction of sp³-hybridized carbons (Fsp3) is 0.462. The first-order valence-corrected chi connectivity index (χ1v) is 5.69. The molecule has 1 atom stereocenters. The number of ether oxygens (including phenoxy) is 2. The van der Waals surface area contributed by atoms with Crippen molar-refractivity contribution in [1.29, 1.82) is 0 Å². The topological polar surface area (TPSA) is 61.5 Å². The smallest absolute Gasteiger partial charge is 0.344 e. The average molecular weight is 237 g/mol. The van der Waals surface area contributed by atoms with Gasteiger partial charge in [-0.25, -0.2) is 4.79 Å². The van der Waals surface area contributed by atoms with Crippen molar-refractivity contribution in [3.05, 3.63) is 29.3 Å². The zero-order chi connectivity index (χ0) is 12.8. The molecule has 1 aromatic carbocycles. The number of aryl methyl sites for hydroxylation is 1. The first-order chi connectivity index (χ1) is 8.04. The lowest BCUT2D eigenvalue weighted by atomic mass is 10.1. The van der Waals surface area contributed by atoms with Crippen molar-refractivity contribution < 1.29 is 14.3 Å². The Balaban J connectivity index is 2.63. The summed E-state index contributed by atoms with van der Waals surface area (Å²) >= 11 is 0. The molecule has 0 aliphatic carbocycles. The Morgan fingerprint density at radius 2 is 2.18 bits per heavy atom. The first-order valence-electron chi connectivity index (χ1n) is 5.69. The summed E-state index contributed by atoms with van der Waals surface area (Å²) in [5, 5.41) is 0. The van der Waals surface area contributed by atoms with E-state index in [1.165, 1.54) is 0 Å². The Labute approximate surface area is 102 Å². The predicted molar refractivity (Wildman–Crippen MR) is 65.9 cm³/mol. The zero-order valence-electron chi connectivity index (χ0n) is 10.5. The Morgan fingerprint density at radius 1 is 1.47 bits per heavy atom. The van der Waals surface area contributed by atoms with E-state index in [9.17, 15) is 4.79 Å². The molecule has 0 saturated heterocycles. The molecule has 1 aromatic rings. The van der Waals surface area contributed by atoms with Gasteiger partial charge in [-0.15, -0.1) is 0 Å². The molecule has 0 heterocycles. The van der Waals surface area contributed by atoms with Crippen LogP contribution in [0.1, 0.15) is 31.0 Å². The van der Waals surface area contributed by atoms with Gasteiger partial charge in [0.25, 0.3) is 0 Å². The third-order valence-corrected chi connectivity index (χ3v) is 2.38. The van der Waals surface area contributed by atoms with E-state index in [0.717, 1.165) is 11.1 Å². The van der Waals surface area contributed by atoms with Gasteiger partial charge in [0.1, 0.15) is 5.75 Å². The number of carbonyl (C=O) groups excluding carboxylic acids is 1. The average Bonchev–Trinajstić information content (AvgIpc) is 2.27. The second-order valence-corrected chi connectivity index (χ2v) is 3.91. The highest BCUT2D eigenvalue weighted by atomic mass is 16.6. The number of hydrogen-bond donors (Lipinski definition) is 1. The highest BCUT2D eigenvalue weighted by Crippen LogP contribution is 2.21. The molecule has 0 aliphatic rings. The van der Waals surface area contributed by atoms with Crippen LogP contribution in [-0.2, 0) is 9.53 Å². The third-order valence-electron chi connectivity index (χ3n) is 2.38. The van der Waals surface area contributed by atoms with Crippen LogP contribution >= 0.6 is 0 Å². The van der Waals surface area contributed by atoms with Gasteiger partial charge >= 0.3 is 5.97 Å². The number of benzene rings is 1. The van der Waals surface area contributed by atoms with Gasteiger partial charge in [0.05, 0.1) is 6.61 Å². The van der Waals surface area contributed by atoms with E-state index in [0.29, 0.717) is 12.4 Å². The molecule has 1 unspecified atom stereocenters. The molecular formula is C13H19NO3. The van der Waals surface area contributed by atoms with Gasteiger partial charge in [-0.1, -0.05) is 12.1 Å². The minimum absolute atomic E-state index is 0.00666. The van der Waals surface area contributed by atoms with Crippen molar-refractivity contribution in [3.63, 3.8) is 0 Å². The number of hydrogen-bond acceptors (Lipinski definition) is 4. The van der Waals surface area contributed by atoms with E-state index in [1.807, 2.05) is 32.0 Å². The first kappa shape index (κ1) is 13.5. The van der Waals surface area contributed by atoms with E-state index in [-0.39, 0.29) is 18.6 Å². The van der Waals surface area contributed by atoms with Crippen LogP contribution in [0.2, 0.25) is 0 Å². The molecule has 4 nitrogen and oxygen atoms in total. The summed E-state index contributed by atoms with van der Waals surface area (Å²) in [5.74, 6) is 0.325. The van der Waals surface area contributed by atoms with Gasteiger partial charge in [0.15, 0.2) is 6.61 Å². The van der Waals surface area contributed by atoms with Crippen molar-refractivity contribution in [2.24, 2.45) is 5.73 Å². The zero-order valence-corrected chi connectivity index (χ0v) is 10.5. The molecule has 0 spiro atoms. The highest BCUT2D eigenvalue weighted by Gasteiger charge is 2.07. The minimum Gasteiger partial charge on any atom is -0.482 e. The fourth-order valence-corrected chi connectivity index (χ4v) is 1.46. The predicted octanol–water partition coefficient (Wildman–Crippen LogP) is 1.96. The van der Waals surface area contributed by atoms with Crippen LogP contribution in [-0.4, -0.2) is 19.2 Å². The molecule has 4 heteroatoms. The Bertz CT molecular complexity index is 388. The van der Waals surface area contributed by atoms with Gasteiger partial charge in [0.2, 0.25) is 0 Å². The number of nitrogens with two attached hydrogens (primary N) is 1. The standard InChI is InChI=1S/C13H19NO3/c1-4-16-13(15)8-17-12-6-5-11(10(3)14)7-9(12)2/h5-7,10H,4,8,14H2,1-3H3. The molecule has 0 amide bonds. The molecule has 0 aliphatic heterocycles. The summed E-state index contributed by atoms with van der Waals surface area (Å²) in [6.07, 6.45) is 0. The normalized spacial score (nSPS) is 12.0. The van der Waals surface area contributed by atoms with Crippen LogP contribution in [0.3, 0.4) is 0 Å². The van der Waals surface area contributed by atoms with Gasteiger partial charge in [-0.2, -0.15) is 0 Å². The van der Waals surface area contributed by atoms with Gasteiger partial charge in [0, 0.05) is 6.04 Å². The van der Waals surface area contributed by atoms with Gasteiger partial charge in [-0.05, 0) is 38.0 Å². The lowest BCUT2D eigenvalue weighted by Gasteiger charge is -2.11. The largest absolute Gasteiger partial charge is 0.482 e. The number of esters is 1. The van der Waals surface area contributed by atoms with Crippen molar-refractivity contribution >= 4 is 5.97 Å². The van der Waals surface area contributed by atoms with Gasteiger partial charge < -0.3 is 15.2 Å². The maximum absolute atomic E-state index is 11.1. The van der Waals surface area contributed by atoms with Crippen LogP contribution in [0, 0.1) is 6.92 Å². The van der Waals surface area contributed by atoms with E-state index in [4.69, 9.17) is 15.2 Å². The monoisotopic (exact) mass is 237 g/mol. The summed E-state index contributed by atoms with van der Waals surface area (Å²) < 4.78 is 10.2. The second kappa shape index (κ2) is 6.25.